The SMILES string of the molecule is CCOC(=O)CCNC(=O)C[C@H]1O[C@H](c2cccc(OC)c2OC)c2cc(Cl)ccc2-n2cccc21. The van der Waals surface area contributed by atoms with Crippen LogP contribution in [0, 0.1) is 0 Å². The Morgan fingerprint density at radius 1 is 1.08 bits per heavy atom. The highest BCUT2D eigenvalue weighted by Crippen LogP contribution is 2.46. The van der Waals surface area contributed by atoms with Crippen LogP contribution in [0.5, 0.6) is 11.5 Å². The fourth-order valence-corrected chi connectivity index (χ4v) is 4.61. The molecule has 3 aromatic rings. The Bertz CT molecular complexity index is 1240. The van der Waals surface area contributed by atoms with E-state index in [0.717, 1.165) is 22.5 Å². The van der Waals surface area contributed by atoms with Gasteiger partial charge in [0.25, 0.3) is 0 Å². The van der Waals surface area contributed by atoms with Crippen LogP contribution in [0.3, 0.4) is 0 Å². The Morgan fingerprint density at radius 3 is 2.67 bits per heavy atom. The molecule has 2 heterocycles. The first kappa shape index (κ1) is 25.6. The van der Waals surface area contributed by atoms with Gasteiger partial charge in [0.2, 0.25) is 5.91 Å². The highest BCUT2D eigenvalue weighted by molar-refractivity contribution is 6.30. The lowest BCUT2D eigenvalue weighted by molar-refractivity contribution is -0.143. The number of nitrogens with zero attached hydrogens (tertiary/aromatic N) is 1. The van der Waals surface area contributed by atoms with Gasteiger partial charge in [-0.2, -0.15) is 0 Å². The lowest BCUT2D eigenvalue weighted by atomic mass is 9.98. The van der Waals surface area contributed by atoms with Gasteiger partial charge in [-0.1, -0.05) is 23.7 Å². The molecule has 0 fully saturated rings. The number of methoxy groups -OCH3 is 2. The quantitative estimate of drug-likeness (QED) is 0.416. The molecule has 0 spiro atoms. The molecule has 1 aliphatic heterocycles. The third-order valence-electron chi connectivity index (χ3n) is 5.99. The predicted molar refractivity (Wildman–Crippen MR) is 135 cm³/mol. The maximum absolute atomic E-state index is 12.9. The van der Waals surface area contributed by atoms with Crippen molar-refractivity contribution in [3.63, 3.8) is 0 Å². The molecule has 36 heavy (non-hydrogen) atoms. The second-order valence-corrected chi connectivity index (χ2v) is 8.64. The lowest BCUT2D eigenvalue weighted by Crippen LogP contribution is -2.28. The van der Waals surface area contributed by atoms with Crippen LogP contribution in [0.15, 0.2) is 54.7 Å². The van der Waals surface area contributed by atoms with Crippen molar-refractivity contribution in [2.24, 2.45) is 0 Å². The molecule has 0 saturated carbocycles. The van der Waals surface area contributed by atoms with Crippen LogP contribution in [0.2, 0.25) is 5.02 Å². The fourth-order valence-electron chi connectivity index (χ4n) is 4.43. The average molecular weight is 513 g/mol. The monoisotopic (exact) mass is 512 g/mol. The van der Waals surface area contributed by atoms with Gasteiger partial charge in [0.15, 0.2) is 11.5 Å². The Labute approximate surface area is 215 Å². The molecule has 1 N–H and O–H groups in total. The molecule has 8 nitrogen and oxygen atoms in total. The van der Waals surface area contributed by atoms with E-state index < -0.39 is 12.2 Å². The predicted octanol–water partition coefficient (Wildman–Crippen LogP) is 4.77. The number of carbonyl (C=O) groups excluding carboxylic acids is 2. The molecular weight excluding hydrogens is 484 g/mol. The number of hydrogen-bond acceptors (Lipinski definition) is 6. The van der Waals surface area contributed by atoms with Crippen molar-refractivity contribution in [3.05, 3.63) is 76.6 Å². The van der Waals surface area contributed by atoms with Gasteiger partial charge in [0, 0.05) is 28.9 Å². The van der Waals surface area contributed by atoms with E-state index in [0.29, 0.717) is 23.1 Å². The van der Waals surface area contributed by atoms with Crippen LogP contribution in [0.4, 0.5) is 0 Å². The van der Waals surface area contributed by atoms with Crippen molar-refractivity contribution >= 4 is 23.5 Å². The molecule has 9 heteroatoms. The van der Waals surface area contributed by atoms with E-state index in [1.54, 1.807) is 21.1 Å². The van der Waals surface area contributed by atoms with Gasteiger partial charge in [-0.05, 0) is 43.3 Å². The van der Waals surface area contributed by atoms with E-state index in [-0.39, 0.29) is 31.3 Å². The molecule has 2 aromatic carbocycles. The smallest absolute Gasteiger partial charge is 0.307 e. The summed E-state index contributed by atoms with van der Waals surface area (Å²) in [6, 6.07) is 15.1. The fraction of sp³-hybridized carbons (Fsp3) is 0.333. The van der Waals surface area contributed by atoms with Gasteiger partial charge in [-0.3, -0.25) is 9.59 Å². The highest BCUT2D eigenvalue weighted by atomic mass is 35.5. The number of benzene rings is 2. The number of hydrogen-bond donors (Lipinski definition) is 1. The summed E-state index contributed by atoms with van der Waals surface area (Å²) in [6.45, 7) is 2.24. The Hall–Kier alpha value is -3.49. The van der Waals surface area contributed by atoms with Crippen molar-refractivity contribution in [1.29, 1.82) is 0 Å². The van der Waals surface area contributed by atoms with Crippen LogP contribution in [0.25, 0.3) is 5.69 Å². The van der Waals surface area contributed by atoms with Crippen LogP contribution < -0.4 is 14.8 Å². The van der Waals surface area contributed by atoms with Gasteiger partial charge in [-0.15, -0.1) is 0 Å². The van der Waals surface area contributed by atoms with E-state index in [2.05, 4.69) is 5.32 Å². The number of halogens is 1. The third-order valence-corrected chi connectivity index (χ3v) is 6.22. The molecule has 0 unspecified atom stereocenters. The van der Waals surface area contributed by atoms with Gasteiger partial charge < -0.3 is 28.8 Å². The Balaban J connectivity index is 1.70. The molecule has 0 radical (unpaired) electrons. The third kappa shape index (κ3) is 5.34. The molecule has 4 rings (SSSR count). The van der Waals surface area contributed by atoms with Crippen molar-refractivity contribution in [3.8, 4) is 17.2 Å². The number of rotatable bonds is 9. The van der Waals surface area contributed by atoms with E-state index >= 15 is 0 Å². The summed E-state index contributed by atoms with van der Waals surface area (Å²) in [6.07, 6.45) is 0.907. The number of para-hydroxylation sites is 1. The number of esters is 1. The summed E-state index contributed by atoms with van der Waals surface area (Å²) in [5.74, 6) is 0.520. The van der Waals surface area contributed by atoms with E-state index in [1.165, 1.54) is 0 Å². The van der Waals surface area contributed by atoms with Crippen molar-refractivity contribution in [2.45, 2.75) is 32.0 Å². The zero-order chi connectivity index (χ0) is 25.7. The minimum atomic E-state index is -0.596. The van der Waals surface area contributed by atoms with E-state index in [9.17, 15) is 9.59 Å². The van der Waals surface area contributed by atoms with Crippen molar-refractivity contribution < 1.29 is 28.5 Å². The number of fused-ring (bicyclic) bond motifs is 3. The molecule has 0 aliphatic carbocycles. The summed E-state index contributed by atoms with van der Waals surface area (Å²) in [4.78, 5) is 24.5. The summed E-state index contributed by atoms with van der Waals surface area (Å²) in [5.41, 5.74) is 3.29. The number of carbonyl (C=O) groups is 2. The first-order chi connectivity index (χ1) is 17.5. The summed E-state index contributed by atoms with van der Waals surface area (Å²) in [7, 11) is 3.16. The molecule has 1 aliphatic rings. The largest absolute Gasteiger partial charge is 0.493 e. The summed E-state index contributed by atoms with van der Waals surface area (Å²) in [5, 5.41) is 3.36. The molecule has 2 atom stereocenters. The minimum absolute atomic E-state index is 0.0529. The molecule has 1 aromatic heterocycles. The summed E-state index contributed by atoms with van der Waals surface area (Å²) < 4.78 is 24.8. The number of amides is 1. The van der Waals surface area contributed by atoms with Crippen molar-refractivity contribution in [1.82, 2.24) is 9.88 Å². The zero-order valence-corrected chi connectivity index (χ0v) is 21.2. The normalized spacial score (nSPS) is 16.3. The molecule has 1 amide bonds. The maximum atomic E-state index is 12.9. The number of ether oxygens (including phenoxy) is 4. The van der Waals surface area contributed by atoms with Crippen molar-refractivity contribution in [2.75, 3.05) is 27.4 Å². The van der Waals surface area contributed by atoms with Gasteiger partial charge in [-0.25, -0.2) is 0 Å². The maximum Gasteiger partial charge on any atom is 0.307 e. The second kappa shape index (κ2) is 11.5. The van der Waals surface area contributed by atoms with Crippen LogP contribution in [-0.4, -0.2) is 43.8 Å². The molecule has 0 saturated heterocycles. The minimum Gasteiger partial charge on any atom is -0.493 e. The van der Waals surface area contributed by atoms with Crippen LogP contribution >= 0.6 is 11.6 Å². The molecular formula is C27H29ClN2O6. The highest BCUT2D eigenvalue weighted by Gasteiger charge is 2.33. The average Bonchev–Trinajstić information content (AvgIpc) is 3.31. The van der Waals surface area contributed by atoms with E-state index in [4.69, 9.17) is 30.5 Å². The zero-order valence-electron chi connectivity index (χ0n) is 20.5. The molecule has 190 valence electrons. The summed E-state index contributed by atoms with van der Waals surface area (Å²) >= 11 is 6.42. The Morgan fingerprint density at radius 2 is 1.92 bits per heavy atom. The van der Waals surface area contributed by atoms with Crippen LogP contribution in [0.1, 0.15) is 48.8 Å². The number of nitrogens with one attached hydrogen (secondary N) is 1. The second-order valence-electron chi connectivity index (χ2n) is 8.20. The lowest BCUT2D eigenvalue weighted by Gasteiger charge is -2.25. The van der Waals surface area contributed by atoms with Gasteiger partial charge in [0.05, 0.1) is 45.0 Å². The van der Waals surface area contributed by atoms with E-state index in [1.807, 2.05) is 59.3 Å². The van der Waals surface area contributed by atoms with Gasteiger partial charge >= 0.3 is 5.97 Å². The Kier molecular flexibility index (Phi) is 8.18. The van der Waals surface area contributed by atoms with Gasteiger partial charge in [0.1, 0.15) is 12.2 Å². The first-order valence-electron chi connectivity index (χ1n) is 11.7. The molecule has 0 bridgehead atoms. The number of aromatic nitrogens is 1. The first-order valence-corrected chi connectivity index (χ1v) is 12.1. The topological polar surface area (TPSA) is 88.0 Å². The standard InChI is InChI=1S/C27H29ClN2O6/c1-4-35-25(32)12-13-29-24(31)16-23-21-8-6-14-30(21)20-11-10-17(28)15-19(20)26(36-23)18-7-5-9-22(33-2)27(18)34-3/h5-11,14-15,23,26H,4,12-13,16H2,1-3H3,(H,29,31)/t23-,26-/m1/s1. The van der Waals surface area contributed by atoms with Crippen LogP contribution in [-0.2, 0) is 19.1 Å².